The number of carbonyl (C=O) groups is 1. The molecule has 0 unspecified atom stereocenters. The Bertz CT molecular complexity index is 2320. The summed E-state index contributed by atoms with van der Waals surface area (Å²) < 4.78 is 13.8. The second-order valence-corrected chi connectivity index (χ2v) is 12.1. The molecule has 1 aromatic heterocycles. The van der Waals surface area contributed by atoms with E-state index in [2.05, 4.69) is 29.6 Å². The van der Waals surface area contributed by atoms with E-state index < -0.39 is 6.04 Å². The highest BCUT2D eigenvalue weighted by atomic mass is 32.1. The number of allylic oxidation sites excluding steroid dienone is 1. The normalized spacial score (nSPS) is 14.4. The zero-order valence-corrected chi connectivity index (χ0v) is 26.7. The maximum absolute atomic E-state index is 14.3. The van der Waals surface area contributed by atoms with Crippen molar-refractivity contribution in [3.8, 4) is 11.5 Å². The van der Waals surface area contributed by atoms with Gasteiger partial charge in [0.1, 0.15) is 18.1 Å². The summed E-state index contributed by atoms with van der Waals surface area (Å²) in [5.41, 5.74) is 3.98. The third kappa shape index (κ3) is 5.98. The maximum atomic E-state index is 14.3. The number of amides is 1. The van der Waals surface area contributed by atoms with Gasteiger partial charge in [0, 0.05) is 11.3 Å². The van der Waals surface area contributed by atoms with E-state index in [9.17, 15) is 9.59 Å². The van der Waals surface area contributed by atoms with Crippen molar-refractivity contribution in [3.05, 3.63) is 169 Å². The lowest BCUT2D eigenvalue weighted by atomic mass is 9.95. The van der Waals surface area contributed by atoms with Gasteiger partial charge in [0.05, 0.1) is 29.0 Å². The van der Waals surface area contributed by atoms with Crippen molar-refractivity contribution in [2.45, 2.75) is 19.6 Å². The van der Waals surface area contributed by atoms with Crippen molar-refractivity contribution in [3.63, 3.8) is 0 Å². The van der Waals surface area contributed by atoms with Crippen molar-refractivity contribution < 1.29 is 14.3 Å². The van der Waals surface area contributed by atoms with Crippen molar-refractivity contribution in [2.75, 3.05) is 12.4 Å². The molecule has 1 aliphatic rings. The highest BCUT2D eigenvalue weighted by Crippen LogP contribution is 2.32. The van der Waals surface area contributed by atoms with Crippen LogP contribution in [0.15, 0.2) is 142 Å². The van der Waals surface area contributed by atoms with Crippen LogP contribution >= 0.6 is 11.3 Å². The van der Waals surface area contributed by atoms with E-state index in [0.29, 0.717) is 44.4 Å². The van der Waals surface area contributed by atoms with Gasteiger partial charge >= 0.3 is 0 Å². The quantitative estimate of drug-likeness (QED) is 0.204. The molecule has 0 saturated heterocycles. The molecule has 7 nitrogen and oxygen atoms in total. The van der Waals surface area contributed by atoms with Crippen molar-refractivity contribution in [1.29, 1.82) is 0 Å². The van der Waals surface area contributed by atoms with Crippen molar-refractivity contribution in [2.24, 2.45) is 4.99 Å². The molecule has 1 aliphatic heterocycles. The summed E-state index contributed by atoms with van der Waals surface area (Å²) in [7, 11) is 1.60. The molecule has 5 aromatic carbocycles. The Kier molecular flexibility index (Phi) is 8.25. The third-order valence-electron chi connectivity index (χ3n) is 8.20. The van der Waals surface area contributed by atoms with Crippen LogP contribution in [0, 0.1) is 0 Å². The van der Waals surface area contributed by atoms with Crippen LogP contribution in [0.25, 0.3) is 16.8 Å². The van der Waals surface area contributed by atoms with Gasteiger partial charge in [0.15, 0.2) is 4.80 Å². The Hall–Kier alpha value is -5.73. The standard InChI is InChI=1S/C39H31N3O4S/c1-25-35(37(43)41-30-15-4-3-5-16-30)36(27-19-21-31(45-2)22-20-27)42-38(44)34(47-39(42)40-25)23-28-12-7-9-18-33(28)46-24-29-14-10-13-26-11-6-8-17-32(26)29/h3-23,36H,24H2,1-2H3,(H,41,43)/b34-23+/t36-/m1/s1. The number of hydrogen-bond donors (Lipinski definition) is 1. The van der Waals surface area contributed by atoms with E-state index >= 15 is 0 Å². The molecule has 6 aromatic rings. The fraction of sp³-hybridized carbons (Fsp3) is 0.103. The first-order valence-corrected chi connectivity index (χ1v) is 16.0. The van der Waals surface area contributed by atoms with Crippen LogP contribution in [0.2, 0.25) is 0 Å². The molecular formula is C39H31N3O4S. The van der Waals surface area contributed by atoms with Gasteiger partial charge in [-0.15, -0.1) is 0 Å². The summed E-state index contributed by atoms with van der Waals surface area (Å²) in [4.78, 5) is 33.4. The molecular weight excluding hydrogens is 607 g/mol. The molecule has 0 aliphatic carbocycles. The minimum atomic E-state index is -0.694. The molecule has 7 rings (SSSR count). The Balaban J connectivity index is 1.28. The highest BCUT2D eigenvalue weighted by Gasteiger charge is 2.32. The zero-order valence-electron chi connectivity index (χ0n) is 25.8. The molecule has 0 saturated carbocycles. The number of nitrogens with zero attached hydrogens (tertiary/aromatic N) is 2. The fourth-order valence-corrected chi connectivity index (χ4v) is 6.92. The lowest BCUT2D eigenvalue weighted by molar-refractivity contribution is -0.113. The first-order valence-electron chi connectivity index (χ1n) is 15.2. The van der Waals surface area contributed by atoms with Gasteiger partial charge in [0.2, 0.25) is 0 Å². The topological polar surface area (TPSA) is 81.9 Å². The van der Waals surface area contributed by atoms with E-state index in [1.807, 2.05) is 110 Å². The molecule has 8 heteroatoms. The number of carbonyl (C=O) groups excluding carboxylic acids is 1. The number of methoxy groups -OCH3 is 1. The van der Waals surface area contributed by atoms with Gasteiger partial charge in [0.25, 0.3) is 11.5 Å². The van der Waals surface area contributed by atoms with E-state index in [1.165, 1.54) is 11.3 Å². The summed E-state index contributed by atoms with van der Waals surface area (Å²) >= 11 is 1.29. The number of thiazole rings is 1. The Morgan fingerprint density at radius 3 is 2.43 bits per heavy atom. The molecule has 0 fully saturated rings. The predicted octanol–water partition coefficient (Wildman–Crippen LogP) is 6.61. The van der Waals surface area contributed by atoms with Crippen LogP contribution in [0.1, 0.15) is 29.7 Å². The average molecular weight is 638 g/mol. The molecule has 1 amide bonds. The molecule has 0 bridgehead atoms. The first-order chi connectivity index (χ1) is 23.0. The second-order valence-electron chi connectivity index (χ2n) is 11.1. The van der Waals surface area contributed by atoms with Gasteiger partial charge < -0.3 is 14.8 Å². The highest BCUT2D eigenvalue weighted by molar-refractivity contribution is 7.07. The lowest BCUT2D eigenvalue weighted by Gasteiger charge is -2.25. The number of fused-ring (bicyclic) bond motifs is 2. The lowest BCUT2D eigenvalue weighted by Crippen LogP contribution is -2.40. The molecule has 1 N–H and O–H groups in total. The molecule has 232 valence electrons. The number of rotatable bonds is 8. The summed E-state index contributed by atoms with van der Waals surface area (Å²) in [5, 5.41) is 5.28. The number of benzene rings is 5. The molecule has 1 atom stereocenters. The van der Waals surface area contributed by atoms with Gasteiger partial charge in [-0.05, 0) is 65.2 Å². The van der Waals surface area contributed by atoms with Crippen LogP contribution < -0.4 is 29.7 Å². The second kappa shape index (κ2) is 12.9. The zero-order chi connectivity index (χ0) is 32.3. The number of ether oxygens (including phenoxy) is 2. The van der Waals surface area contributed by atoms with Crippen LogP contribution in [-0.4, -0.2) is 17.6 Å². The van der Waals surface area contributed by atoms with Crippen molar-refractivity contribution >= 4 is 39.8 Å². The van der Waals surface area contributed by atoms with Crippen molar-refractivity contribution in [1.82, 2.24) is 4.57 Å². The molecule has 0 radical (unpaired) electrons. The molecule has 47 heavy (non-hydrogen) atoms. The van der Waals surface area contributed by atoms with Crippen LogP contribution in [0.5, 0.6) is 11.5 Å². The van der Waals surface area contributed by atoms with Gasteiger partial charge in [-0.1, -0.05) is 102 Å². The SMILES string of the molecule is COc1ccc([C@@H]2C(C(=O)Nc3ccccc3)=C(C)N=c3s/c(=C/c4ccccc4OCc4cccc5ccccc45)c(=O)n32)cc1. The molecule has 0 spiro atoms. The number of anilines is 1. The minimum Gasteiger partial charge on any atom is -0.497 e. The van der Waals surface area contributed by atoms with Crippen LogP contribution in [-0.2, 0) is 11.4 Å². The predicted molar refractivity (Wildman–Crippen MR) is 187 cm³/mol. The molecule has 2 heterocycles. The maximum Gasteiger partial charge on any atom is 0.271 e. The van der Waals surface area contributed by atoms with E-state index in [0.717, 1.165) is 27.5 Å². The number of nitrogens with one attached hydrogen (secondary N) is 1. The van der Waals surface area contributed by atoms with E-state index in [1.54, 1.807) is 11.7 Å². The average Bonchev–Trinajstić information content (AvgIpc) is 3.41. The van der Waals surface area contributed by atoms with Crippen LogP contribution in [0.3, 0.4) is 0 Å². The number of hydrogen-bond acceptors (Lipinski definition) is 6. The summed E-state index contributed by atoms with van der Waals surface area (Å²) in [6.07, 6.45) is 1.84. The van der Waals surface area contributed by atoms with Gasteiger partial charge in [-0.25, -0.2) is 4.99 Å². The third-order valence-corrected chi connectivity index (χ3v) is 9.18. The first kappa shape index (κ1) is 30.0. The van der Waals surface area contributed by atoms with E-state index in [-0.39, 0.29) is 11.5 Å². The summed E-state index contributed by atoms with van der Waals surface area (Å²) in [6, 6.07) is 38.1. The van der Waals surface area contributed by atoms with E-state index in [4.69, 9.17) is 14.5 Å². The largest absolute Gasteiger partial charge is 0.497 e. The number of aromatic nitrogens is 1. The summed E-state index contributed by atoms with van der Waals surface area (Å²) in [5.74, 6) is 1.02. The smallest absolute Gasteiger partial charge is 0.271 e. The Morgan fingerprint density at radius 1 is 0.894 bits per heavy atom. The minimum absolute atomic E-state index is 0.240. The Labute approximate surface area is 275 Å². The van der Waals surface area contributed by atoms with Gasteiger partial charge in [-0.3, -0.25) is 14.2 Å². The number of para-hydroxylation sites is 2. The Morgan fingerprint density at radius 2 is 1.62 bits per heavy atom. The van der Waals surface area contributed by atoms with Crippen LogP contribution in [0.4, 0.5) is 5.69 Å². The summed E-state index contributed by atoms with van der Waals surface area (Å²) in [6.45, 7) is 2.19. The fourth-order valence-electron chi connectivity index (χ4n) is 5.88. The van der Waals surface area contributed by atoms with Gasteiger partial charge in [-0.2, -0.15) is 0 Å². The monoisotopic (exact) mass is 637 g/mol.